The molecule has 1 saturated carbocycles. The van der Waals surface area contributed by atoms with Crippen LogP contribution in [0, 0.1) is 5.92 Å². The van der Waals surface area contributed by atoms with Gasteiger partial charge in [0.15, 0.2) is 0 Å². The summed E-state index contributed by atoms with van der Waals surface area (Å²) in [4.78, 5) is 16.3. The van der Waals surface area contributed by atoms with E-state index in [1.165, 1.54) is 38.8 Å². The molecular weight excluding hydrogens is 264 g/mol. The molecule has 1 aliphatic carbocycles. The summed E-state index contributed by atoms with van der Waals surface area (Å²) in [6.07, 6.45) is 9.77. The number of carboxylic acid groups (broad SMARTS) is 1. The van der Waals surface area contributed by atoms with E-state index in [0.717, 1.165) is 44.2 Å². The van der Waals surface area contributed by atoms with Crippen LogP contribution in [0.5, 0.6) is 0 Å². The Balaban J connectivity index is 1.54. The molecule has 4 heteroatoms. The van der Waals surface area contributed by atoms with E-state index in [1.54, 1.807) is 0 Å². The lowest BCUT2D eigenvalue weighted by Gasteiger charge is -2.44. The molecule has 3 unspecified atom stereocenters. The molecule has 0 amide bonds. The van der Waals surface area contributed by atoms with Crippen LogP contribution in [0.2, 0.25) is 0 Å². The smallest absolute Gasteiger partial charge is 0.320 e. The number of carbonyl (C=O) groups is 1. The van der Waals surface area contributed by atoms with Crippen LogP contribution in [0.3, 0.4) is 0 Å². The third-order valence-corrected chi connectivity index (χ3v) is 6.08. The average Bonchev–Trinajstić information content (AvgIpc) is 2.98. The van der Waals surface area contributed by atoms with E-state index in [0.29, 0.717) is 6.04 Å². The number of piperidine rings is 1. The van der Waals surface area contributed by atoms with Crippen molar-refractivity contribution in [3.63, 3.8) is 0 Å². The van der Waals surface area contributed by atoms with Gasteiger partial charge < -0.3 is 10.0 Å². The first kappa shape index (κ1) is 15.3. The van der Waals surface area contributed by atoms with Crippen molar-refractivity contribution >= 4 is 5.97 Å². The highest BCUT2D eigenvalue weighted by molar-refractivity contribution is 5.73. The van der Waals surface area contributed by atoms with Crippen molar-refractivity contribution in [3.8, 4) is 0 Å². The molecule has 3 atom stereocenters. The van der Waals surface area contributed by atoms with Crippen molar-refractivity contribution in [1.29, 1.82) is 0 Å². The molecular formula is C17H30N2O2. The Hall–Kier alpha value is -0.610. The molecule has 3 fully saturated rings. The minimum atomic E-state index is -0.615. The molecule has 1 N–H and O–H groups in total. The molecule has 120 valence electrons. The maximum atomic E-state index is 11.4. The molecule has 0 aromatic heterocycles. The fraction of sp³-hybridized carbons (Fsp3) is 0.941. The number of rotatable bonds is 3. The highest BCUT2D eigenvalue weighted by Gasteiger charge is 2.38. The summed E-state index contributed by atoms with van der Waals surface area (Å²) in [6.45, 7) is 5.74. The van der Waals surface area contributed by atoms with Gasteiger partial charge in [0, 0.05) is 12.1 Å². The minimum Gasteiger partial charge on any atom is -0.480 e. The first-order valence-corrected chi connectivity index (χ1v) is 8.89. The zero-order valence-electron chi connectivity index (χ0n) is 13.3. The van der Waals surface area contributed by atoms with Crippen LogP contribution in [0.25, 0.3) is 0 Å². The summed E-state index contributed by atoms with van der Waals surface area (Å²) in [6, 6.07) is 1.08. The minimum absolute atomic E-state index is 0.213. The number of nitrogens with zero attached hydrogens (tertiary/aromatic N) is 2. The second-order valence-electron chi connectivity index (χ2n) is 7.33. The normalized spacial score (nSPS) is 36.9. The van der Waals surface area contributed by atoms with Gasteiger partial charge in [-0.15, -0.1) is 0 Å². The second kappa shape index (κ2) is 6.66. The van der Waals surface area contributed by atoms with Gasteiger partial charge in [0.1, 0.15) is 6.04 Å². The number of carboxylic acids is 1. The number of likely N-dealkylation sites (tertiary alicyclic amines) is 2. The predicted molar refractivity (Wildman–Crippen MR) is 83.4 cm³/mol. The summed E-state index contributed by atoms with van der Waals surface area (Å²) >= 11 is 0. The van der Waals surface area contributed by atoms with Crippen LogP contribution in [0.4, 0.5) is 0 Å². The molecule has 0 aromatic rings. The summed E-state index contributed by atoms with van der Waals surface area (Å²) in [5.74, 6) is 0.227. The molecule has 0 aromatic carbocycles. The molecule has 0 radical (unpaired) electrons. The summed E-state index contributed by atoms with van der Waals surface area (Å²) in [7, 11) is 0. The largest absolute Gasteiger partial charge is 0.480 e. The van der Waals surface area contributed by atoms with Gasteiger partial charge in [-0.05, 0) is 64.1 Å². The maximum Gasteiger partial charge on any atom is 0.320 e. The Labute approximate surface area is 128 Å². The van der Waals surface area contributed by atoms with Crippen molar-refractivity contribution in [3.05, 3.63) is 0 Å². The van der Waals surface area contributed by atoms with Gasteiger partial charge in [-0.3, -0.25) is 9.69 Å². The van der Waals surface area contributed by atoms with Crippen molar-refractivity contribution in [2.24, 2.45) is 5.92 Å². The van der Waals surface area contributed by atoms with Gasteiger partial charge in [0.2, 0.25) is 0 Å². The zero-order chi connectivity index (χ0) is 14.8. The van der Waals surface area contributed by atoms with Crippen LogP contribution in [-0.4, -0.2) is 58.6 Å². The van der Waals surface area contributed by atoms with Crippen LogP contribution < -0.4 is 0 Å². The molecule has 3 aliphatic rings. The molecule has 0 spiro atoms. The highest BCUT2D eigenvalue weighted by Crippen LogP contribution is 2.32. The average molecular weight is 294 g/mol. The molecule has 21 heavy (non-hydrogen) atoms. The van der Waals surface area contributed by atoms with E-state index >= 15 is 0 Å². The molecule has 0 bridgehead atoms. The van der Waals surface area contributed by atoms with E-state index in [-0.39, 0.29) is 6.04 Å². The summed E-state index contributed by atoms with van der Waals surface area (Å²) in [5, 5.41) is 9.35. The predicted octanol–water partition coefficient (Wildman–Crippen LogP) is 2.58. The first-order valence-electron chi connectivity index (χ1n) is 8.89. The molecule has 4 nitrogen and oxygen atoms in total. The quantitative estimate of drug-likeness (QED) is 0.869. The van der Waals surface area contributed by atoms with E-state index in [9.17, 15) is 9.90 Å². The standard InChI is InChI=1S/C17H30N2O2/c1-13-5-2-3-6-15(13)18-11-8-14(9-12-18)19-10-4-7-16(19)17(20)21/h13-16H,2-12H2,1H3,(H,20,21). The monoisotopic (exact) mass is 294 g/mol. The Morgan fingerprint density at radius 2 is 1.67 bits per heavy atom. The fourth-order valence-corrected chi connectivity index (χ4v) is 4.88. The van der Waals surface area contributed by atoms with Gasteiger partial charge in [-0.25, -0.2) is 0 Å². The van der Waals surface area contributed by atoms with E-state index in [2.05, 4.69) is 16.7 Å². The van der Waals surface area contributed by atoms with Crippen molar-refractivity contribution in [2.45, 2.75) is 76.4 Å². The Kier molecular flexibility index (Phi) is 4.85. The Bertz CT molecular complexity index is 366. The van der Waals surface area contributed by atoms with E-state index in [4.69, 9.17) is 0 Å². The SMILES string of the molecule is CC1CCCCC1N1CCC(N2CCCC2C(=O)O)CC1. The van der Waals surface area contributed by atoms with E-state index < -0.39 is 5.97 Å². The van der Waals surface area contributed by atoms with Crippen LogP contribution >= 0.6 is 0 Å². The van der Waals surface area contributed by atoms with Crippen molar-refractivity contribution in [2.75, 3.05) is 19.6 Å². The molecule has 2 saturated heterocycles. The van der Waals surface area contributed by atoms with Gasteiger partial charge in [0.05, 0.1) is 0 Å². The fourth-order valence-electron chi connectivity index (χ4n) is 4.88. The Morgan fingerprint density at radius 3 is 2.33 bits per heavy atom. The molecule has 2 aliphatic heterocycles. The Morgan fingerprint density at radius 1 is 0.952 bits per heavy atom. The first-order chi connectivity index (χ1) is 10.2. The number of hydrogen-bond acceptors (Lipinski definition) is 3. The maximum absolute atomic E-state index is 11.4. The van der Waals surface area contributed by atoms with Crippen molar-refractivity contribution in [1.82, 2.24) is 9.80 Å². The highest BCUT2D eigenvalue weighted by atomic mass is 16.4. The van der Waals surface area contributed by atoms with Gasteiger partial charge in [-0.2, -0.15) is 0 Å². The second-order valence-corrected chi connectivity index (χ2v) is 7.33. The topological polar surface area (TPSA) is 43.8 Å². The zero-order valence-corrected chi connectivity index (χ0v) is 13.3. The van der Waals surface area contributed by atoms with Gasteiger partial charge >= 0.3 is 5.97 Å². The van der Waals surface area contributed by atoms with E-state index in [1.807, 2.05) is 0 Å². The summed E-state index contributed by atoms with van der Waals surface area (Å²) < 4.78 is 0. The lowest BCUT2D eigenvalue weighted by molar-refractivity contribution is -0.143. The number of hydrogen-bond donors (Lipinski definition) is 1. The van der Waals surface area contributed by atoms with Crippen LogP contribution in [-0.2, 0) is 4.79 Å². The van der Waals surface area contributed by atoms with Gasteiger partial charge in [-0.1, -0.05) is 19.8 Å². The van der Waals surface area contributed by atoms with Gasteiger partial charge in [0.25, 0.3) is 0 Å². The number of aliphatic carboxylic acids is 1. The van der Waals surface area contributed by atoms with Crippen LogP contribution in [0.15, 0.2) is 0 Å². The summed E-state index contributed by atoms with van der Waals surface area (Å²) in [5.41, 5.74) is 0. The lowest BCUT2D eigenvalue weighted by Crippen LogP contribution is -2.52. The lowest BCUT2D eigenvalue weighted by atomic mass is 9.84. The third kappa shape index (κ3) is 3.26. The molecule has 2 heterocycles. The molecule has 3 rings (SSSR count). The van der Waals surface area contributed by atoms with Crippen LogP contribution in [0.1, 0.15) is 58.3 Å². The third-order valence-electron chi connectivity index (χ3n) is 6.08. The van der Waals surface area contributed by atoms with Crippen molar-refractivity contribution < 1.29 is 9.90 Å².